The molecule has 1 saturated carbocycles. The van der Waals surface area contributed by atoms with Gasteiger partial charge in [-0.15, -0.1) is 5.10 Å². The summed E-state index contributed by atoms with van der Waals surface area (Å²) in [6.45, 7) is 4.56. The van der Waals surface area contributed by atoms with Crippen LogP contribution in [0.1, 0.15) is 37.9 Å². The molecule has 11 heteroatoms. The van der Waals surface area contributed by atoms with E-state index < -0.39 is 32.9 Å². The van der Waals surface area contributed by atoms with Gasteiger partial charge in [0.25, 0.3) is 0 Å². The van der Waals surface area contributed by atoms with Gasteiger partial charge in [0.2, 0.25) is 0 Å². The van der Waals surface area contributed by atoms with Crippen LogP contribution < -0.4 is 0 Å². The van der Waals surface area contributed by atoms with Crippen LogP contribution in [0.5, 0.6) is 0 Å². The van der Waals surface area contributed by atoms with Gasteiger partial charge in [0, 0.05) is 12.2 Å². The molecule has 0 saturated heterocycles. The Labute approximate surface area is 231 Å². The predicted octanol–water partition coefficient (Wildman–Crippen LogP) is 4.85. The van der Waals surface area contributed by atoms with E-state index in [9.17, 15) is 17.2 Å². The monoisotopic (exact) mass is 562 g/mol. The van der Waals surface area contributed by atoms with E-state index in [1.807, 2.05) is 18.2 Å². The number of fused-ring (bicyclic) bond motifs is 6. The summed E-state index contributed by atoms with van der Waals surface area (Å²) in [6, 6.07) is 8.85. The molecule has 3 aromatic rings. The van der Waals surface area contributed by atoms with Gasteiger partial charge in [0.05, 0.1) is 34.7 Å². The summed E-state index contributed by atoms with van der Waals surface area (Å²) in [5, 5.41) is 13.5. The highest BCUT2D eigenvalue weighted by Gasteiger charge is 2.62. The van der Waals surface area contributed by atoms with E-state index in [0.717, 1.165) is 18.5 Å². The Morgan fingerprint density at radius 3 is 2.60 bits per heavy atom. The molecular weight excluding hydrogens is 534 g/mol. The Kier molecular flexibility index (Phi) is 6.22. The minimum Gasteiger partial charge on any atom is -0.251 e. The maximum atomic E-state index is 14.7. The van der Waals surface area contributed by atoms with Gasteiger partial charge in [-0.2, -0.15) is 10.2 Å². The number of allylic oxidation sites excluding steroid dienone is 1. The molecule has 1 fully saturated rings. The first-order valence-corrected chi connectivity index (χ1v) is 15.2. The highest BCUT2D eigenvalue weighted by molar-refractivity contribution is 7.90. The minimum absolute atomic E-state index is 0.0404. The van der Waals surface area contributed by atoms with Gasteiger partial charge < -0.3 is 0 Å². The summed E-state index contributed by atoms with van der Waals surface area (Å²) in [5.41, 5.74) is 0.324. The van der Waals surface area contributed by atoms with Crippen LogP contribution in [0.3, 0.4) is 0 Å². The summed E-state index contributed by atoms with van der Waals surface area (Å²) in [6.07, 6.45) is 6.05. The standard InChI is InChI=1S/C29H28F2N6O2S/c1-28(2)19-12-13-29(28,24-9-5-8-22(33-24)27-32-17-37(36-27)14-15-40(3,38)39)25-11-10-18(19)16-23(34-35-25)26-20(30)6-4-7-21(26)31/h4-9,16-19,25H,12-15H2,1-3H3/b23-16-,35-34-/t18?,19-,25?,29-/m0/s1. The Morgan fingerprint density at radius 1 is 1.10 bits per heavy atom. The van der Waals surface area contributed by atoms with Gasteiger partial charge in [0.15, 0.2) is 5.82 Å². The molecule has 4 atom stereocenters. The Morgan fingerprint density at radius 2 is 1.85 bits per heavy atom. The number of halogens is 2. The van der Waals surface area contributed by atoms with E-state index in [4.69, 9.17) is 4.98 Å². The fraction of sp³-hybridized carbons (Fsp3) is 0.414. The third kappa shape index (κ3) is 4.25. The van der Waals surface area contributed by atoms with Gasteiger partial charge in [-0.1, -0.05) is 37.8 Å². The van der Waals surface area contributed by atoms with Crippen LogP contribution in [0.2, 0.25) is 0 Å². The third-order valence-corrected chi connectivity index (χ3v) is 9.64. The molecule has 0 radical (unpaired) electrons. The van der Waals surface area contributed by atoms with Gasteiger partial charge in [-0.05, 0) is 54.5 Å². The van der Waals surface area contributed by atoms with E-state index in [1.165, 1.54) is 35.5 Å². The molecule has 0 spiro atoms. The van der Waals surface area contributed by atoms with Crippen LogP contribution in [-0.2, 0) is 21.8 Å². The molecule has 2 aliphatic carbocycles. The van der Waals surface area contributed by atoms with E-state index in [0.29, 0.717) is 11.5 Å². The van der Waals surface area contributed by atoms with E-state index >= 15 is 0 Å². The molecule has 2 unspecified atom stereocenters. The summed E-state index contributed by atoms with van der Waals surface area (Å²) in [7, 11) is -3.14. The van der Waals surface area contributed by atoms with Gasteiger partial charge in [0.1, 0.15) is 39.5 Å². The number of azo groups is 1. The van der Waals surface area contributed by atoms with Crippen LogP contribution in [0, 0.1) is 40.7 Å². The number of sulfone groups is 1. The number of hydrogen-bond acceptors (Lipinski definition) is 7. The number of hydrogen-bond donors (Lipinski definition) is 0. The highest BCUT2D eigenvalue weighted by Crippen LogP contribution is 2.63. The van der Waals surface area contributed by atoms with E-state index in [2.05, 4.69) is 46.0 Å². The van der Waals surface area contributed by atoms with Crippen molar-refractivity contribution in [1.82, 2.24) is 19.7 Å². The Balaban J connectivity index is 1.42. The molecule has 0 amide bonds. The second kappa shape index (κ2) is 9.41. The Hall–Kier alpha value is -3.78. The predicted molar refractivity (Wildman–Crippen MR) is 145 cm³/mol. The normalized spacial score (nSPS) is 28.5. The van der Waals surface area contributed by atoms with Crippen molar-refractivity contribution in [3.8, 4) is 23.4 Å². The average Bonchev–Trinajstić information content (AvgIpc) is 3.45. The first kappa shape index (κ1) is 26.4. The average molecular weight is 563 g/mol. The van der Waals surface area contributed by atoms with Crippen molar-refractivity contribution in [3.63, 3.8) is 0 Å². The van der Waals surface area contributed by atoms with Crippen molar-refractivity contribution < 1.29 is 17.2 Å². The second-order valence-corrected chi connectivity index (χ2v) is 13.5. The molecular formula is C29H28F2N6O2S. The largest absolute Gasteiger partial charge is 0.251 e. The van der Waals surface area contributed by atoms with E-state index in [1.54, 1.807) is 6.08 Å². The van der Waals surface area contributed by atoms with Crippen LogP contribution in [0.25, 0.3) is 17.2 Å². The quantitative estimate of drug-likeness (QED) is 0.400. The number of pyridine rings is 1. The van der Waals surface area contributed by atoms with Crippen molar-refractivity contribution >= 4 is 15.5 Å². The number of rotatable bonds is 6. The fourth-order valence-corrected chi connectivity index (χ4v) is 7.10. The first-order chi connectivity index (χ1) is 19.0. The molecule has 1 aliphatic heterocycles. The van der Waals surface area contributed by atoms with Crippen LogP contribution in [-0.4, -0.2) is 46.2 Å². The zero-order chi connectivity index (χ0) is 28.3. The lowest BCUT2D eigenvalue weighted by atomic mass is 9.58. The topological polar surface area (TPSA) is 102 Å². The molecule has 6 rings (SSSR count). The van der Waals surface area contributed by atoms with Crippen molar-refractivity contribution in [3.05, 3.63) is 71.7 Å². The zero-order valence-corrected chi connectivity index (χ0v) is 23.2. The molecule has 40 heavy (non-hydrogen) atoms. The molecule has 3 aliphatic rings. The lowest BCUT2D eigenvalue weighted by Crippen LogP contribution is -2.48. The number of aryl methyl sites for hydroxylation is 1. The third-order valence-electron chi connectivity index (χ3n) is 8.71. The zero-order valence-electron chi connectivity index (χ0n) is 22.3. The number of aromatic nitrogens is 4. The SMILES string of the molecule is CC1(C)[C@H]2CC[C@]1(c1cccc(-c3ncn(CCS(C)(=O)=O)n3)n1)C1C#CC2/C=C(c2c(F)cccc2F)\N=N/1. The summed E-state index contributed by atoms with van der Waals surface area (Å²) in [4.78, 5) is 9.39. The molecule has 206 valence electrons. The molecule has 0 N–H and O–H groups in total. The highest BCUT2D eigenvalue weighted by atomic mass is 32.2. The number of benzene rings is 1. The van der Waals surface area contributed by atoms with Crippen LogP contribution >= 0.6 is 0 Å². The fourth-order valence-electron chi connectivity index (χ4n) is 6.58. The molecule has 2 aromatic heterocycles. The molecule has 4 bridgehead atoms. The molecule has 3 heterocycles. The lowest BCUT2D eigenvalue weighted by Gasteiger charge is -2.45. The van der Waals surface area contributed by atoms with Gasteiger partial charge in [-0.3, -0.25) is 4.68 Å². The summed E-state index contributed by atoms with van der Waals surface area (Å²) >= 11 is 0. The maximum absolute atomic E-state index is 14.7. The van der Waals surface area contributed by atoms with Gasteiger partial charge in [-0.25, -0.2) is 27.2 Å². The number of nitrogens with zero attached hydrogens (tertiary/aromatic N) is 6. The Bertz CT molecular complexity index is 1720. The molecule has 8 nitrogen and oxygen atoms in total. The van der Waals surface area contributed by atoms with Crippen molar-refractivity contribution in [1.29, 1.82) is 0 Å². The minimum atomic E-state index is -3.14. The smallest absolute Gasteiger partial charge is 0.199 e. The van der Waals surface area contributed by atoms with Crippen LogP contribution in [0.15, 0.2) is 59.0 Å². The second-order valence-electron chi connectivity index (χ2n) is 11.3. The van der Waals surface area contributed by atoms with E-state index in [-0.39, 0.29) is 40.8 Å². The maximum Gasteiger partial charge on any atom is 0.199 e. The van der Waals surface area contributed by atoms with Crippen molar-refractivity contribution in [2.45, 2.75) is 44.7 Å². The first-order valence-electron chi connectivity index (χ1n) is 13.1. The van der Waals surface area contributed by atoms with Crippen molar-refractivity contribution in [2.75, 3.05) is 12.0 Å². The summed E-state index contributed by atoms with van der Waals surface area (Å²) < 4.78 is 54.1. The van der Waals surface area contributed by atoms with Gasteiger partial charge >= 0.3 is 0 Å². The van der Waals surface area contributed by atoms with Crippen molar-refractivity contribution in [2.24, 2.45) is 27.5 Å². The summed E-state index contributed by atoms with van der Waals surface area (Å²) in [5.74, 6) is 5.47. The lowest BCUT2D eigenvalue weighted by molar-refractivity contribution is 0.122. The molecule has 1 aromatic carbocycles. The van der Waals surface area contributed by atoms with Crippen LogP contribution in [0.4, 0.5) is 8.78 Å².